The number of nitrogens with one attached hydrogen (secondary N) is 2. The van der Waals surface area contributed by atoms with Crippen molar-refractivity contribution in [3.05, 3.63) is 93.9 Å². The Kier molecular flexibility index (Phi) is 7.52. The van der Waals surface area contributed by atoms with Gasteiger partial charge in [-0.15, -0.1) is 0 Å². The molecule has 8 heteroatoms. The molecule has 0 saturated carbocycles. The van der Waals surface area contributed by atoms with E-state index in [-0.39, 0.29) is 11.5 Å². The van der Waals surface area contributed by atoms with Crippen molar-refractivity contribution >= 4 is 22.9 Å². The van der Waals surface area contributed by atoms with Crippen molar-refractivity contribution in [2.45, 2.75) is 19.9 Å². The number of pyridine rings is 1. The molecule has 4 aromatic rings. The second kappa shape index (κ2) is 10.9. The molecule has 0 spiro atoms. The van der Waals surface area contributed by atoms with Crippen LogP contribution in [0, 0.1) is 6.92 Å². The van der Waals surface area contributed by atoms with Crippen LogP contribution in [-0.4, -0.2) is 52.5 Å². The molecule has 0 radical (unpaired) electrons. The van der Waals surface area contributed by atoms with Crippen LogP contribution in [0.2, 0.25) is 0 Å². The minimum absolute atomic E-state index is 0.173. The molecule has 2 heterocycles. The van der Waals surface area contributed by atoms with Crippen LogP contribution in [0.5, 0.6) is 0 Å². The monoisotopic (exact) mass is 470 g/mol. The van der Waals surface area contributed by atoms with Crippen LogP contribution in [0.25, 0.3) is 16.7 Å². The van der Waals surface area contributed by atoms with E-state index in [0.29, 0.717) is 29.4 Å². The molecule has 35 heavy (non-hydrogen) atoms. The lowest BCUT2D eigenvalue weighted by Crippen LogP contribution is -2.23. The molecule has 180 valence electrons. The summed E-state index contributed by atoms with van der Waals surface area (Å²) in [6.45, 7) is 4.04. The molecule has 0 aliphatic heterocycles. The van der Waals surface area contributed by atoms with Crippen molar-refractivity contribution in [1.29, 1.82) is 0 Å². The van der Waals surface area contributed by atoms with Crippen LogP contribution >= 0.6 is 0 Å². The molecular weight excluding hydrogens is 440 g/mol. The van der Waals surface area contributed by atoms with E-state index in [9.17, 15) is 9.59 Å². The van der Waals surface area contributed by atoms with E-state index in [1.807, 2.05) is 51.4 Å². The molecule has 2 aromatic heterocycles. The Morgan fingerprint density at radius 2 is 1.71 bits per heavy atom. The number of amides is 1. The first-order valence-corrected chi connectivity index (χ1v) is 11.6. The summed E-state index contributed by atoms with van der Waals surface area (Å²) in [5.41, 5.74) is 3.30. The van der Waals surface area contributed by atoms with E-state index in [4.69, 9.17) is 0 Å². The third-order valence-electron chi connectivity index (χ3n) is 5.69. The number of rotatable bonds is 9. The van der Waals surface area contributed by atoms with Crippen molar-refractivity contribution in [3.63, 3.8) is 0 Å². The van der Waals surface area contributed by atoms with E-state index in [1.165, 1.54) is 6.07 Å². The smallest absolute Gasteiger partial charge is 0.256 e. The summed E-state index contributed by atoms with van der Waals surface area (Å²) in [5, 5.41) is 6.99. The van der Waals surface area contributed by atoms with Crippen LogP contribution in [-0.2, 0) is 6.54 Å². The van der Waals surface area contributed by atoms with Gasteiger partial charge in [-0.2, -0.15) is 4.98 Å². The lowest BCUT2D eigenvalue weighted by atomic mass is 10.1. The van der Waals surface area contributed by atoms with Gasteiger partial charge in [-0.1, -0.05) is 30.3 Å². The first kappa shape index (κ1) is 24.1. The van der Waals surface area contributed by atoms with Crippen molar-refractivity contribution in [2.75, 3.05) is 32.5 Å². The lowest BCUT2D eigenvalue weighted by molar-refractivity contribution is 0.0951. The molecule has 0 bridgehead atoms. The van der Waals surface area contributed by atoms with Gasteiger partial charge in [-0.25, -0.2) is 4.98 Å². The highest BCUT2D eigenvalue weighted by Crippen LogP contribution is 2.19. The summed E-state index contributed by atoms with van der Waals surface area (Å²) in [7, 11) is 4.07. The van der Waals surface area contributed by atoms with E-state index >= 15 is 0 Å². The third kappa shape index (κ3) is 5.91. The standard InChI is InChI=1S/C27H30N6O2/c1-19-23-14-15-24(34)33(25(23)31-27(30-19)28-16-7-17-32(2)3)22-12-10-21(11-13-22)26(35)29-18-20-8-5-4-6-9-20/h4-6,8-15H,7,16-18H2,1-3H3,(H,29,35)(H,28,30,31). The van der Waals surface area contributed by atoms with E-state index in [2.05, 4.69) is 25.5 Å². The van der Waals surface area contributed by atoms with E-state index in [0.717, 1.165) is 36.2 Å². The van der Waals surface area contributed by atoms with Crippen LogP contribution in [0.4, 0.5) is 5.95 Å². The summed E-state index contributed by atoms with van der Waals surface area (Å²) in [4.78, 5) is 36.8. The Balaban J connectivity index is 1.57. The van der Waals surface area contributed by atoms with Crippen molar-refractivity contribution in [2.24, 2.45) is 0 Å². The fraction of sp³-hybridized carbons (Fsp3) is 0.259. The number of aryl methyl sites for hydroxylation is 1. The topological polar surface area (TPSA) is 92.2 Å². The number of fused-ring (bicyclic) bond motifs is 1. The zero-order chi connectivity index (χ0) is 24.8. The van der Waals surface area contributed by atoms with Gasteiger partial charge in [0.2, 0.25) is 5.95 Å². The van der Waals surface area contributed by atoms with Crippen LogP contribution in [0.15, 0.2) is 71.5 Å². The maximum Gasteiger partial charge on any atom is 0.256 e. The first-order valence-electron chi connectivity index (χ1n) is 11.6. The number of carbonyl (C=O) groups excluding carboxylic acids is 1. The molecular formula is C27H30N6O2. The molecule has 2 N–H and O–H groups in total. The number of carbonyl (C=O) groups is 1. The molecule has 0 saturated heterocycles. The van der Waals surface area contributed by atoms with E-state index < -0.39 is 0 Å². The van der Waals surface area contributed by atoms with Crippen molar-refractivity contribution in [1.82, 2.24) is 24.8 Å². The van der Waals surface area contributed by atoms with Gasteiger partial charge < -0.3 is 15.5 Å². The van der Waals surface area contributed by atoms with Gasteiger partial charge in [0, 0.05) is 30.1 Å². The molecule has 8 nitrogen and oxygen atoms in total. The molecule has 0 aliphatic rings. The highest BCUT2D eigenvalue weighted by molar-refractivity contribution is 5.94. The van der Waals surface area contributed by atoms with Gasteiger partial charge in [0.25, 0.3) is 11.5 Å². The number of anilines is 1. The molecule has 0 unspecified atom stereocenters. The van der Waals surface area contributed by atoms with Crippen molar-refractivity contribution < 1.29 is 4.79 Å². The number of nitrogens with zero attached hydrogens (tertiary/aromatic N) is 4. The molecule has 1 amide bonds. The number of hydrogen-bond acceptors (Lipinski definition) is 6. The zero-order valence-electron chi connectivity index (χ0n) is 20.3. The average Bonchev–Trinajstić information content (AvgIpc) is 2.86. The predicted octanol–water partition coefficient (Wildman–Crippen LogP) is 3.38. The first-order chi connectivity index (χ1) is 16.9. The van der Waals surface area contributed by atoms with Gasteiger partial charge in [0.05, 0.1) is 11.4 Å². The Bertz CT molecular complexity index is 1360. The number of aromatic nitrogens is 3. The Morgan fingerprint density at radius 3 is 2.43 bits per heavy atom. The van der Waals surface area contributed by atoms with Gasteiger partial charge in [0.15, 0.2) is 5.65 Å². The lowest BCUT2D eigenvalue weighted by Gasteiger charge is -2.14. The Morgan fingerprint density at radius 1 is 0.971 bits per heavy atom. The van der Waals surface area contributed by atoms with Gasteiger partial charge in [0.1, 0.15) is 0 Å². The average molecular weight is 471 g/mol. The molecule has 0 atom stereocenters. The summed E-state index contributed by atoms with van der Waals surface area (Å²) in [6, 6.07) is 20.0. The third-order valence-corrected chi connectivity index (χ3v) is 5.69. The molecule has 2 aromatic carbocycles. The largest absolute Gasteiger partial charge is 0.354 e. The predicted molar refractivity (Wildman–Crippen MR) is 139 cm³/mol. The second-order valence-corrected chi connectivity index (χ2v) is 8.68. The summed E-state index contributed by atoms with van der Waals surface area (Å²) < 4.78 is 1.56. The molecule has 0 fully saturated rings. The van der Waals surface area contributed by atoms with Crippen LogP contribution in [0.1, 0.15) is 28.0 Å². The highest BCUT2D eigenvalue weighted by atomic mass is 16.1. The number of hydrogen-bond donors (Lipinski definition) is 2. The van der Waals surface area contributed by atoms with E-state index in [1.54, 1.807) is 34.9 Å². The van der Waals surface area contributed by atoms with Gasteiger partial charge >= 0.3 is 0 Å². The summed E-state index contributed by atoms with van der Waals surface area (Å²) in [6.07, 6.45) is 0.947. The normalized spacial score (nSPS) is 11.1. The fourth-order valence-corrected chi connectivity index (χ4v) is 3.83. The zero-order valence-corrected chi connectivity index (χ0v) is 20.3. The number of benzene rings is 2. The van der Waals surface area contributed by atoms with Gasteiger partial charge in [-0.05, 0) is 69.9 Å². The SMILES string of the molecule is Cc1nc(NCCCN(C)C)nc2c1ccc(=O)n2-c1ccc(C(=O)NCc2ccccc2)cc1. The Labute approximate surface area is 204 Å². The summed E-state index contributed by atoms with van der Waals surface area (Å²) >= 11 is 0. The van der Waals surface area contributed by atoms with Crippen LogP contribution in [0.3, 0.4) is 0 Å². The second-order valence-electron chi connectivity index (χ2n) is 8.68. The maximum atomic E-state index is 12.9. The minimum Gasteiger partial charge on any atom is -0.354 e. The quantitative estimate of drug-likeness (QED) is 0.365. The Hall–Kier alpha value is -4.04. The molecule has 0 aliphatic carbocycles. The van der Waals surface area contributed by atoms with Crippen molar-refractivity contribution in [3.8, 4) is 5.69 Å². The summed E-state index contributed by atoms with van der Waals surface area (Å²) in [5.74, 6) is 0.318. The highest BCUT2D eigenvalue weighted by Gasteiger charge is 2.13. The minimum atomic E-state index is -0.199. The van der Waals surface area contributed by atoms with Gasteiger partial charge in [-0.3, -0.25) is 14.2 Å². The fourth-order valence-electron chi connectivity index (χ4n) is 3.83. The van der Waals surface area contributed by atoms with Crippen LogP contribution < -0.4 is 16.2 Å². The maximum absolute atomic E-state index is 12.9. The molecule has 4 rings (SSSR count).